The molecule has 0 spiro atoms. The molecule has 1 heterocycles. The van der Waals surface area contributed by atoms with Gasteiger partial charge < -0.3 is 4.52 Å². The van der Waals surface area contributed by atoms with Gasteiger partial charge >= 0.3 is 6.18 Å². The van der Waals surface area contributed by atoms with E-state index in [2.05, 4.69) is 10.1 Å². The molecule has 96 valence electrons. The predicted molar refractivity (Wildman–Crippen MR) is 58.8 cm³/mol. The zero-order valence-corrected chi connectivity index (χ0v) is 9.82. The van der Waals surface area contributed by atoms with Crippen molar-refractivity contribution in [2.75, 3.05) is 0 Å². The molecule has 0 aliphatic carbocycles. The average Bonchev–Trinajstić information content (AvgIpc) is 2.77. The van der Waals surface area contributed by atoms with Crippen LogP contribution in [-0.2, 0) is 6.18 Å². The van der Waals surface area contributed by atoms with E-state index in [9.17, 15) is 13.2 Å². The van der Waals surface area contributed by atoms with Gasteiger partial charge in [-0.15, -0.1) is 0 Å². The topological polar surface area (TPSA) is 38.9 Å². The molecule has 2 rings (SSSR count). The number of aromatic nitrogens is 2. The summed E-state index contributed by atoms with van der Waals surface area (Å²) in [7, 11) is 0. The lowest BCUT2D eigenvalue weighted by Crippen LogP contribution is -2.04. The van der Waals surface area contributed by atoms with Crippen molar-refractivity contribution < 1.29 is 17.7 Å². The fourth-order valence-electron chi connectivity index (χ4n) is 1.40. The van der Waals surface area contributed by atoms with Gasteiger partial charge in [0.2, 0.25) is 11.7 Å². The Kier molecular flexibility index (Phi) is 3.11. The number of benzene rings is 1. The number of hydrogen-bond donors (Lipinski definition) is 0. The molecule has 0 fully saturated rings. The highest BCUT2D eigenvalue weighted by Crippen LogP contribution is 2.30. The Labute approximate surface area is 102 Å². The van der Waals surface area contributed by atoms with Crippen molar-refractivity contribution >= 4 is 0 Å². The maximum atomic E-state index is 12.4. The van der Waals surface area contributed by atoms with E-state index in [0.29, 0.717) is 17.3 Å². The Morgan fingerprint density at radius 3 is 2.17 bits per heavy atom. The molecule has 0 radical (unpaired) electrons. The van der Waals surface area contributed by atoms with Crippen molar-refractivity contribution in [3.63, 3.8) is 0 Å². The SMILES string of the molecule is CC(C)c1nc(-c2ccc(C(F)(F)F)cc2)no1. The van der Waals surface area contributed by atoms with Crippen molar-refractivity contribution in [2.45, 2.75) is 25.9 Å². The number of rotatable bonds is 2. The molecule has 0 aliphatic heterocycles. The summed E-state index contributed by atoms with van der Waals surface area (Å²) >= 11 is 0. The van der Waals surface area contributed by atoms with Crippen LogP contribution in [0.25, 0.3) is 11.4 Å². The lowest BCUT2D eigenvalue weighted by molar-refractivity contribution is -0.137. The molecule has 2 aromatic rings. The van der Waals surface area contributed by atoms with Gasteiger partial charge in [-0.25, -0.2) is 0 Å². The van der Waals surface area contributed by atoms with Gasteiger partial charge in [0.25, 0.3) is 0 Å². The molecule has 18 heavy (non-hydrogen) atoms. The quantitative estimate of drug-likeness (QED) is 0.818. The summed E-state index contributed by atoms with van der Waals surface area (Å²) < 4.78 is 42.1. The van der Waals surface area contributed by atoms with E-state index in [-0.39, 0.29) is 5.92 Å². The lowest BCUT2D eigenvalue weighted by atomic mass is 10.1. The standard InChI is InChI=1S/C12H11F3N2O/c1-7(2)11-16-10(17-18-11)8-3-5-9(6-4-8)12(13,14)15/h3-7H,1-2H3. The fourth-order valence-corrected chi connectivity index (χ4v) is 1.40. The first-order valence-corrected chi connectivity index (χ1v) is 5.39. The molecule has 0 unspecified atom stereocenters. The van der Waals surface area contributed by atoms with Gasteiger partial charge in [-0.05, 0) is 12.1 Å². The number of halogens is 3. The molecule has 1 aromatic carbocycles. The maximum absolute atomic E-state index is 12.4. The van der Waals surface area contributed by atoms with Gasteiger partial charge in [0.1, 0.15) is 0 Å². The van der Waals surface area contributed by atoms with Crippen LogP contribution in [0, 0.1) is 0 Å². The summed E-state index contributed by atoms with van der Waals surface area (Å²) in [6, 6.07) is 4.66. The third-order valence-corrected chi connectivity index (χ3v) is 2.41. The minimum absolute atomic E-state index is 0.0840. The van der Waals surface area contributed by atoms with Crippen LogP contribution >= 0.6 is 0 Å². The van der Waals surface area contributed by atoms with Gasteiger partial charge in [-0.1, -0.05) is 31.1 Å². The van der Waals surface area contributed by atoms with Crippen LogP contribution in [0.5, 0.6) is 0 Å². The Bertz CT molecular complexity index is 529. The Morgan fingerprint density at radius 1 is 1.11 bits per heavy atom. The van der Waals surface area contributed by atoms with Gasteiger partial charge in [0.15, 0.2) is 0 Å². The van der Waals surface area contributed by atoms with Crippen LogP contribution in [0.15, 0.2) is 28.8 Å². The Morgan fingerprint density at radius 2 is 1.72 bits per heavy atom. The number of hydrogen-bond acceptors (Lipinski definition) is 3. The van der Waals surface area contributed by atoms with Crippen LogP contribution in [0.4, 0.5) is 13.2 Å². The van der Waals surface area contributed by atoms with Gasteiger partial charge in [0, 0.05) is 11.5 Å². The highest BCUT2D eigenvalue weighted by molar-refractivity contribution is 5.54. The zero-order valence-electron chi connectivity index (χ0n) is 9.82. The summed E-state index contributed by atoms with van der Waals surface area (Å²) in [4.78, 5) is 4.11. The molecule has 0 aliphatic rings. The molecule has 6 heteroatoms. The van der Waals surface area contributed by atoms with Crippen molar-refractivity contribution in [1.29, 1.82) is 0 Å². The monoisotopic (exact) mass is 256 g/mol. The minimum Gasteiger partial charge on any atom is -0.339 e. The first kappa shape index (κ1) is 12.6. The van der Waals surface area contributed by atoms with Crippen molar-refractivity contribution in [3.8, 4) is 11.4 Å². The lowest BCUT2D eigenvalue weighted by Gasteiger charge is -2.05. The third-order valence-electron chi connectivity index (χ3n) is 2.41. The Hall–Kier alpha value is -1.85. The van der Waals surface area contributed by atoms with E-state index >= 15 is 0 Å². The highest BCUT2D eigenvalue weighted by Gasteiger charge is 2.30. The third kappa shape index (κ3) is 2.52. The molecule has 0 amide bonds. The molecule has 0 N–H and O–H groups in total. The first-order valence-electron chi connectivity index (χ1n) is 5.39. The molecule has 0 atom stereocenters. The van der Waals surface area contributed by atoms with Crippen molar-refractivity contribution in [1.82, 2.24) is 10.1 Å². The smallest absolute Gasteiger partial charge is 0.339 e. The van der Waals surface area contributed by atoms with Crippen LogP contribution in [-0.4, -0.2) is 10.1 Å². The number of alkyl halides is 3. The largest absolute Gasteiger partial charge is 0.416 e. The van der Waals surface area contributed by atoms with E-state index in [4.69, 9.17) is 4.52 Å². The van der Waals surface area contributed by atoms with Crippen LogP contribution in [0.3, 0.4) is 0 Å². The van der Waals surface area contributed by atoms with E-state index in [1.807, 2.05) is 13.8 Å². The molecule has 0 bridgehead atoms. The van der Waals surface area contributed by atoms with E-state index in [0.717, 1.165) is 12.1 Å². The average molecular weight is 256 g/mol. The summed E-state index contributed by atoms with van der Waals surface area (Å²) in [6.07, 6.45) is -4.33. The van der Waals surface area contributed by atoms with Crippen LogP contribution < -0.4 is 0 Å². The molecule has 0 saturated heterocycles. The van der Waals surface area contributed by atoms with Crippen molar-refractivity contribution in [2.24, 2.45) is 0 Å². The summed E-state index contributed by atoms with van der Waals surface area (Å²) in [5, 5.41) is 3.73. The molecular formula is C12H11F3N2O. The minimum atomic E-state index is -4.33. The van der Waals surface area contributed by atoms with Crippen LogP contribution in [0.1, 0.15) is 31.2 Å². The Balaban J connectivity index is 2.29. The normalized spacial score (nSPS) is 12.1. The molecule has 1 aromatic heterocycles. The van der Waals surface area contributed by atoms with Gasteiger partial charge in [-0.2, -0.15) is 18.2 Å². The molecule has 3 nitrogen and oxygen atoms in total. The summed E-state index contributed by atoms with van der Waals surface area (Å²) in [5.41, 5.74) is -0.197. The van der Waals surface area contributed by atoms with Crippen LogP contribution in [0.2, 0.25) is 0 Å². The predicted octanol–water partition coefficient (Wildman–Crippen LogP) is 3.88. The second-order valence-electron chi connectivity index (χ2n) is 4.19. The van der Waals surface area contributed by atoms with E-state index < -0.39 is 11.7 Å². The first-order chi connectivity index (χ1) is 8.38. The van der Waals surface area contributed by atoms with Gasteiger partial charge in [0.05, 0.1) is 5.56 Å². The molecule has 0 saturated carbocycles. The van der Waals surface area contributed by atoms with E-state index in [1.54, 1.807) is 0 Å². The molecular weight excluding hydrogens is 245 g/mol. The van der Waals surface area contributed by atoms with E-state index in [1.165, 1.54) is 12.1 Å². The maximum Gasteiger partial charge on any atom is 0.416 e. The highest BCUT2D eigenvalue weighted by atomic mass is 19.4. The summed E-state index contributed by atoms with van der Waals surface area (Å²) in [6.45, 7) is 3.79. The zero-order chi connectivity index (χ0) is 13.3. The van der Waals surface area contributed by atoms with Crippen molar-refractivity contribution in [3.05, 3.63) is 35.7 Å². The second-order valence-corrected chi connectivity index (χ2v) is 4.19. The van der Waals surface area contributed by atoms with Gasteiger partial charge in [-0.3, -0.25) is 0 Å². The second kappa shape index (κ2) is 4.44. The summed E-state index contributed by atoms with van der Waals surface area (Å²) in [5.74, 6) is 0.845. The fraction of sp³-hybridized carbons (Fsp3) is 0.333. The number of nitrogens with zero attached hydrogens (tertiary/aromatic N) is 2.